The van der Waals surface area contributed by atoms with Crippen molar-refractivity contribution in [3.63, 3.8) is 0 Å². The van der Waals surface area contributed by atoms with Crippen molar-refractivity contribution in [2.24, 2.45) is 5.16 Å². The van der Waals surface area contributed by atoms with E-state index in [2.05, 4.69) is 9.99 Å². The minimum atomic E-state index is 0.411. The lowest BCUT2D eigenvalue weighted by atomic mass is 10.1. The smallest absolute Gasteiger partial charge is 0.125 e. The molecule has 0 atom stereocenters. The maximum absolute atomic E-state index is 5.83. The SMILES string of the molecule is C/C=C/COc1cc(C)c(OCCOCCOCC=NOC)c(C)c1. The maximum atomic E-state index is 5.83. The molecule has 1 aromatic rings. The predicted octanol–water partition coefficient (Wildman–Crippen LogP) is 3.30. The number of benzene rings is 1. The summed E-state index contributed by atoms with van der Waals surface area (Å²) in [5, 5.41) is 3.57. The molecular formula is C19H29NO5. The van der Waals surface area contributed by atoms with Crippen LogP contribution in [0, 0.1) is 13.8 Å². The number of nitrogens with zero attached hydrogens (tertiary/aromatic N) is 1. The molecule has 0 spiro atoms. The van der Waals surface area contributed by atoms with E-state index in [1.54, 1.807) is 6.21 Å². The maximum Gasteiger partial charge on any atom is 0.125 e. The van der Waals surface area contributed by atoms with E-state index in [-0.39, 0.29) is 0 Å². The highest BCUT2D eigenvalue weighted by Crippen LogP contribution is 2.28. The minimum absolute atomic E-state index is 0.411. The van der Waals surface area contributed by atoms with E-state index >= 15 is 0 Å². The second-order valence-electron chi connectivity index (χ2n) is 5.27. The number of allylic oxidation sites excluding steroid dienone is 1. The van der Waals surface area contributed by atoms with E-state index < -0.39 is 0 Å². The highest BCUT2D eigenvalue weighted by molar-refractivity contribution is 5.57. The molecule has 0 heterocycles. The van der Waals surface area contributed by atoms with Crippen LogP contribution in [0.2, 0.25) is 0 Å². The molecule has 0 bridgehead atoms. The van der Waals surface area contributed by atoms with E-state index in [9.17, 15) is 0 Å². The fraction of sp³-hybridized carbons (Fsp3) is 0.526. The first kappa shape index (κ1) is 21.0. The van der Waals surface area contributed by atoms with Crippen molar-refractivity contribution in [2.75, 3.05) is 46.8 Å². The quantitative estimate of drug-likeness (QED) is 0.236. The zero-order valence-electron chi connectivity index (χ0n) is 15.6. The average Bonchev–Trinajstić information content (AvgIpc) is 2.59. The van der Waals surface area contributed by atoms with Gasteiger partial charge >= 0.3 is 0 Å². The van der Waals surface area contributed by atoms with Crippen LogP contribution in [-0.4, -0.2) is 53.0 Å². The number of hydrogen-bond acceptors (Lipinski definition) is 6. The summed E-state index contributed by atoms with van der Waals surface area (Å²) < 4.78 is 22.3. The Morgan fingerprint density at radius 1 is 0.920 bits per heavy atom. The summed E-state index contributed by atoms with van der Waals surface area (Å²) in [6.45, 7) is 9.01. The lowest BCUT2D eigenvalue weighted by Crippen LogP contribution is -2.12. The lowest BCUT2D eigenvalue weighted by molar-refractivity contribution is 0.0474. The van der Waals surface area contributed by atoms with Gasteiger partial charge in [-0.2, -0.15) is 0 Å². The number of oxime groups is 1. The molecule has 0 saturated heterocycles. The molecule has 0 radical (unpaired) electrons. The fourth-order valence-corrected chi connectivity index (χ4v) is 2.13. The Morgan fingerprint density at radius 2 is 1.60 bits per heavy atom. The van der Waals surface area contributed by atoms with Crippen molar-refractivity contribution < 1.29 is 23.8 Å². The van der Waals surface area contributed by atoms with Gasteiger partial charge in [-0.3, -0.25) is 0 Å². The normalized spacial score (nSPS) is 11.4. The van der Waals surface area contributed by atoms with Crippen LogP contribution >= 0.6 is 0 Å². The van der Waals surface area contributed by atoms with Gasteiger partial charge in [-0.1, -0.05) is 17.3 Å². The molecule has 6 nitrogen and oxygen atoms in total. The molecule has 140 valence electrons. The van der Waals surface area contributed by atoms with E-state index in [1.165, 1.54) is 7.11 Å². The van der Waals surface area contributed by atoms with Gasteiger partial charge in [-0.05, 0) is 44.0 Å². The van der Waals surface area contributed by atoms with Crippen molar-refractivity contribution in [3.8, 4) is 11.5 Å². The molecule has 0 aromatic heterocycles. The third-order valence-electron chi connectivity index (χ3n) is 3.23. The molecule has 25 heavy (non-hydrogen) atoms. The summed E-state index contributed by atoms with van der Waals surface area (Å²) in [5.74, 6) is 1.74. The van der Waals surface area contributed by atoms with Gasteiger partial charge in [0.15, 0.2) is 0 Å². The van der Waals surface area contributed by atoms with Gasteiger partial charge in [-0.25, -0.2) is 0 Å². The van der Waals surface area contributed by atoms with Gasteiger partial charge in [0.05, 0.1) is 32.6 Å². The zero-order chi connectivity index (χ0) is 18.3. The monoisotopic (exact) mass is 351 g/mol. The standard InChI is InChI=1S/C19H29NO5/c1-5-6-8-24-18-14-16(2)19(17(3)15-18)25-13-12-23-11-10-22-9-7-20-21-4/h5-7,14-15H,8-13H2,1-4H3/b6-5+,20-7?. The van der Waals surface area contributed by atoms with Crippen LogP contribution in [-0.2, 0) is 14.3 Å². The number of hydrogen-bond donors (Lipinski definition) is 0. The third-order valence-corrected chi connectivity index (χ3v) is 3.23. The van der Waals surface area contributed by atoms with Crippen LogP contribution in [0.15, 0.2) is 29.4 Å². The van der Waals surface area contributed by atoms with E-state index in [4.69, 9.17) is 18.9 Å². The largest absolute Gasteiger partial charge is 0.491 e. The summed E-state index contributed by atoms with van der Waals surface area (Å²) in [5.41, 5.74) is 2.10. The number of ether oxygens (including phenoxy) is 4. The van der Waals surface area contributed by atoms with Gasteiger partial charge in [0.1, 0.15) is 31.8 Å². The Morgan fingerprint density at radius 3 is 2.28 bits per heavy atom. The summed E-state index contributed by atoms with van der Waals surface area (Å²) in [7, 11) is 1.49. The van der Waals surface area contributed by atoms with Crippen LogP contribution in [0.3, 0.4) is 0 Å². The third kappa shape index (κ3) is 9.12. The number of rotatable bonds is 13. The van der Waals surface area contributed by atoms with Gasteiger partial charge < -0.3 is 23.8 Å². The van der Waals surface area contributed by atoms with Gasteiger partial charge in [0, 0.05) is 0 Å². The molecule has 0 fully saturated rings. The molecule has 0 N–H and O–H groups in total. The van der Waals surface area contributed by atoms with Crippen molar-refractivity contribution >= 4 is 6.21 Å². The first-order valence-electron chi connectivity index (χ1n) is 8.37. The Hall–Kier alpha value is -2.05. The molecule has 0 unspecified atom stereocenters. The molecule has 1 aromatic carbocycles. The summed E-state index contributed by atoms with van der Waals surface area (Å²) in [4.78, 5) is 4.53. The first-order chi connectivity index (χ1) is 12.2. The Kier molecular flexibility index (Phi) is 11.1. The Balaban J connectivity index is 2.25. The van der Waals surface area contributed by atoms with Gasteiger partial charge in [0.25, 0.3) is 0 Å². The Bertz CT molecular complexity index is 520. The van der Waals surface area contributed by atoms with Crippen LogP contribution in [0.1, 0.15) is 18.1 Å². The average molecular weight is 351 g/mol. The van der Waals surface area contributed by atoms with Crippen molar-refractivity contribution in [1.29, 1.82) is 0 Å². The molecule has 0 saturated carbocycles. The van der Waals surface area contributed by atoms with Crippen LogP contribution in [0.5, 0.6) is 11.5 Å². The first-order valence-corrected chi connectivity index (χ1v) is 8.37. The van der Waals surface area contributed by atoms with Crippen molar-refractivity contribution in [1.82, 2.24) is 0 Å². The lowest BCUT2D eigenvalue weighted by Gasteiger charge is -2.14. The second-order valence-corrected chi connectivity index (χ2v) is 5.27. The van der Waals surface area contributed by atoms with Crippen LogP contribution < -0.4 is 9.47 Å². The molecule has 0 aliphatic carbocycles. The van der Waals surface area contributed by atoms with Crippen LogP contribution in [0.4, 0.5) is 0 Å². The molecular weight excluding hydrogens is 322 g/mol. The summed E-state index contributed by atoms with van der Waals surface area (Å²) in [6.07, 6.45) is 5.50. The van der Waals surface area contributed by atoms with E-state index in [1.807, 2.05) is 45.1 Å². The second kappa shape index (κ2) is 13.3. The predicted molar refractivity (Wildman–Crippen MR) is 98.9 cm³/mol. The van der Waals surface area contributed by atoms with E-state index in [0.29, 0.717) is 39.6 Å². The van der Waals surface area contributed by atoms with Gasteiger partial charge in [-0.15, -0.1) is 0 Å². The molecule has 0 amide bonds. The summed E-state index contributed by atoms with van der Waals surface area (Å²) >= 11 is 0. The van der Waals surface area contributed by atoms with Crippen molar-refractivity contribution in [3.05, 3.63) is 35.4 Å². The van der Waals surface area contributed by atoms with Crippen LogP contribution in [0.25, 0.3) is 0 Å². The summed E-state index contributed by atoms with van der Waals surface area (Å²) in [6, 6.07) is 3.98. The highest BCUT2D eigenvalue weighted by Gasteiger charge is 2.07. The van der Waals surface area contributed by atoms with Crippen molar-refractivity contribution in [2.45, 2.75) is 20.8 Å². The number of aryl methyl sites for hydroxylation is 2. The molecule has 0 aliphatic heterocycles. The molecule has 6 heteroatoms. The minimum Gasteiger partial charge on any atom is -0.491 e. The van der Waals surface area contributed by atoms with Gasteiger partial charge in [0.2, 0.25) is 0 Å². The topological polar surface area (TPSA) is 58.5 Å². The Labute approximate surface area is 150 Å². The highest BCUT2D eigenvalue weighted by atomic mass is 16.6. The molecule has 0 aliphatic rings. The zero-order valence-corrected chi connectivity index (χ0v) is 15.6. The fourth-order valence-electron chi connectivity index (χ4n) is 2.13. The molecule has 1 rings (SSSR count). The van der Waals surface area contributed by atoms with E-state index in [0.717, 1.165) is 22.6 Å².